The first-order chi connectivity index (χ1) is 9.56. The fraction of sp³-hybridized carbons (Fsp3) is 0.615. The molecule has 1 amide bonds. The Morgan fingerprint density at radius 2 is 2.30 bits per heavy atom. The molecule has 0 aromatic carbocycles. The number of rotatable bonds is 4. The second kappa shape index (κ2) is 6.04. The summed E-state index contributed by atoms with van der Waals surface area (Å²) in [5, 5.41) is 2.88. The number of nitrogens with two attached hydrogens (primary N) is 1. The molecule has 1 aromatic heterocycles. The molecule has 1 aliphatic rings. The van der Waals surface area contributed by atoms with Crippen molar-refractivity contribution in [3.63, 3.8) is 0 Å². The van der Waals surface area contributed by atoms with Gasteiger partial charge in [0.1, 0.15) is 23.5 Å². The first-order valence-electron chi connectivity index (χ1n) is 6.96. The van der Waals surface area contributed by atoms with Crippen LogP contribution >= 0.6 is 0 Å². The van der Waals surface area contributed by atoms with Crippen molar-refractivity contribution in [1.29, 1.82) is 0 Å². The first kappa shape index (κ1) is 14.5. The van der Waals surface area contributed by atoms with Crippen molar-refractivity contribution >= 4 is 17.5 Å². The Morgan fingerprint density at radius 1 is 1.55 bits per heavy atom. The number of carbonyl (C=O) groups is 1. The van der Waals surface area contributed by atoms with Crippen molar-refractivity contribution in [2.24, 2.45) is 5.84 Å². The lowest BCUT2D eigenvalue weighted by molar-refractivity contribution is -0.123. The number of carbonyl (C=O) groups excluding carboxylic acids is 1. The van der Waals surface area contributed by atoms with Crippen LogP contribution in [0.4, 0.5) is 11.6 Å². The lowest BCUT2D eigenvalue weighted by Crippen LogP contribution is -2.55. The van der Waals surface area contributed by atoms with Gasteiger partial charge in [0.2, 0.25) is 5.91 Å². The van der Waals surface area contributed by atoms with Gasteiger partial charge in [-0.15, -0.1) is 0 Å². The molecule has 0 aliphatic carbocycles. The van der Waals surface area contributed by atoms with E-state index >= 15 is 0 Å². The van der Waals surface area contributed by atoms with Gasteiger partial charge in [-0.3, -0.25) is 4.79 Å². The van der Waals surface area contributed by atoms with Gasteiger partial charge >= 0.3 is 0 Å². The van der Waals surface area contributed by atoms with Gasteiger partial charge in [-0.1, -0.05) is 20.8 Å². The quantitative estimate of drug-likeness (QED) is 0.551. The number of piperazine rings is 1. The highest BCUT2D eigenvalue weighted by molar-refractivity contribution is 5.86. The molecule has 4 N–H and O–H groups in total. The molecule has 110 valence electrons. The van der Waals surface area contributed by atoms with Crippen molar-refractivity contribution < 1.29 is 4.79 Å². The van der Waals surface area contributed by atoms with E-state index in [4.69, 9.17) is 5.84 Å². The van der Waals surface area contributed by atoms with Gasteiger partial charge in [-0.25, -0.2) is 15.8 Å². The number of nitrogens with zero attached hydrogens (tertiary/aromatic N) is 3. The number of aromatic nitrogens is 2. The maximum absolute atomic E-state index is 11.9. The summed E-state index contributed by atoms with van der Waals surface area (Å²) in [5.74, 6) is 7.75. The molecule has 0 bridgehead atoms. The summed E-state index contributed by atoms with van der Waals surface area (Å²) in [6, 6.07) is 1.59. The third kappa shape index (κ3) is 2.82. The van der Waals surface area contributed by atoms with Gasteiger partial charge in [0, 0.05) is 25.1 Å². The maximum atomic E-state index is 11.9. The van der Waals surface area contributed by atoms with Crippen molar-refractivity contribution in [3.05, 3.63) is 11.9 Å². The van der Waals surface area contributed by atoms with E-state index in [1.165, 1.54) is 0 Å². The molecule has 2 heterocycles. The zero-order valence-electron chi connectivity index (χ0n) is 12.2. The number of nitrogens with one attached hydrogen (secondary N) is 2. The van der Waals surface area contributed by atoms with Crippen LogP contribution in [0.1, 0.15) is 38.9 Å². The van der Waals surface area contributed by atoms with E-state index in [1.54, 1.807) is 6.07 Å². The van der Waals surface area contributed by atoms with Crippen LogP contribution in [0.15, 0.2) is 6.07 Å². The fourth-order valence-corrected chi connectivity index (χ4v) is 2.33. The molecular formula is C13H22N6O. The summed E-state index contributed by atoms with van der Waals surface area (Å²) in [4.78, 5) is 22.9. The molecule has 1 aromatic rings. The minimum absolute atomic E-state index is 0.0470. The molecule has 1 saturated heterocycles. The molecule has 0 saturated carbocycles. The number of amides is 1. The molecule has 20 heavy (non-hydrogen) atoms. The lowest BCUT2D eigenvalue weighted by atomic mass is 10.1. The zero-order chi connectivity index (χ0) is 14.7. The van der Waals surface area contributed by atoms with Crippen LogP contribution in [0.5, 0.6) is 0 Å². The molecular weight excluding hydrogens is 256 g/mol. The summed E-state index contributed by atoms with van der Waals surface area (Å²) >= 11 is 0. The Kier molecular flexibility index (Phi) is 4.39. The van der Waals surface area contributed by atoms with E-state index in [2.05, 4.69) is 20.7 Å². The third-order valence-corrected chi connectivity index (χ3v) is 3.41. The Labute approximate surface area is 118 Å². The average Bonchev–Trinajstić information content (AvgIpc) is 2.46. The van der Waals surface area contributed by atoms with Crippen LogP contribution in [0.3, 0.4) is 0 Å². The number of hydrogen-bond donors (Lipinski definition) is 3. The van der Waals surface area contributed by atoms with Crippen LogP contribution in [-0.4, -0.2) is 35.0 Å². The van der Waals surface area contributed by atoms with Crippen LogP contribution in [-0.2, 0) is 4.79 Å². The summed E-state index contributed by atoms with van der Waals surface area (Å²) in [6.07, 6.45) is 0.734. The second-order valence-electron chi connectivity index (χ2n) is 5.18. The van der Waals surface area contributed by atoms with Crippen LogP contribution in [0.25, 0.3) is 0 Å². The van der Waals surface area contributed by atoms with Gasteiger partial charge in [0.05, 0.1) is 0 Å². The van der Waals surface area contributed by atoms with E-state index < -0.39 is 0 Å². The average molecular weight is 278 g/mol. The van der Waals surface area contributed by atoms with Gasteiger partial charge < -0.3 is 15.6 Å². The molecule has 0 spiro atoms. The van der Waals surface area contributed by atoms with Gasteiger partial charge in [0.15, 0.2) is 0 Å². The van der Waals surface area contributed by atoms with E-state index in [1.807, 2.05) is 25.7 Å². The standard InChI is InChI=1S/C13H22N6O/c1-4-9-13(20)15-5-6-19(9)11-7-10(18-14)16-12(17-11)8(2)3/h7-9H,4-6,14H2,1-3H3,(H,15,20)(H,16,17,18). The predicted molar refractivity (Wildman–Crippen MR) is 78.4 cm³/mol. The van der Waals surface area contributed by atoms with Crippen molar-refractivity contribution in [1.82, 2.24) is 15.3 Å². The van der Waals surface area contributed by atoms with Crippen LogP contribution in [0, 0.1) is 0 Å². The molecule has 2 rings (SSSR count). The fourth-order valence-electron chi connectivity index (χ4n) is 2.33. The van der Waals surface area contributed by atoms with Gasteiger partial charge in [-0.05, 0) is 6.42 Å². The molecule has 0 radical (unpaired) electrons. The first-order valence-corrected chi connectivity index (χ1v) is 6.96. The number of hydrazine groups is 1. The van der Waals surface area contributed by atoms with Crippen LogP contribution in [0.2, 0.25) is 0 Å². The van der Waals surface area contributed by atoms with E-state index in [0.29, 0.717) is 12.4 Å². The Hall–Kier alpha value is -1.89. The normalized spacial score (nSPS) is 19.1. The highest BCUT2D eigenvalue weighted by Gasteiger charge is 2.29. The molecule has 1 aliphatic heterocycles. The minimum Gasteiger partial charge on any atom is -0.353 e. The maximum Gasteiger partial charge on any atom is 0.242 e. The number of hydrogen-bond acceptors (Lipinski definition) is 6. The van der Waals surface area contributed by atoms with Gasteiger partial charge in [-0.2, -0.15) is 0 Å². The molecule has 7 nitrogen and oxygen atoms in total. The third-order valence-electron chi connectivity index (χ3n) is 3.41. The molecule has 1 fully saturated rings. The SMILES string of the molecule is CCC1C(=O)NCCN1c1cc(NN)nc(C(C)C)n1. The summed E-state index contributed by atoms with van der Waals surface area (Å²) < 4.78 is 0. The minimum atomic E-state index is -0.190. The zero-order valence-corrected chi connectivity index (χ0v) is 12.2. The topological polar surface area (TPSA) is 96.2 Å². The summed E-state index contributed by atoms with van der Waals surface area (Å²) in [5.41, 5.74) is 2.57. The van der Waals surface area contributed by atoms with Crippen LogP contribution < -0.4 is 21.5 Å². The molecule has 7 heteroatoms. The van der Waals surface area contributed by atoms with Crippen molar-refractivity contribution in [2.75, 3.05) is 23.4 Å². The largest absolute Gasteiger partial charge is 0.353 e. The lowest BCUT2D eigenvalue weighted by Gasteiger charge is -2.35. The van der Waals surface area contributed by atoms with E-state index in [-0.39, 0.29) is 17.9 Å². The Balaban J connectivity index is 2.39. The Bertz CT molecular complexity index is 490. The number of anilines is 2. The Morgan fingerprint density at radius 3 is 2.90 bits per heavy atom. The summed E-state index contributed by atoms with van der Waals surface area (Å²) in [7, 11) is 0. The van der Waals surface area contributed by atoms with E-state index in [0.717, 1.165) is 24.6 Å². The summed E-state index contributed by atoms with van der Waals surface area (Å²) in [6.45, 7) is 7.42. The monoisotopic (exact) mass is 278 g/mol. The smallest absolute Gasteiger partial charge is 0.242 e. The highest BCUT2D eigenvalue weighted by atomic mass is 16.2. The number of nitrogen functional groups attached to an aromatic ring is 1. The van der Waals surface area contributed by atoms with E-state index in [9.17, 15) is 4.79 Å². The molecule has 1 atom stereocenters. The van der Waals surface area contributed by atoms with Gasteiger partial charge in [0.25, 0.3) is 0 Å². The van der Waals surface area contributed by atoms with Crippen molar-refractivity contribution in [3.8, 4) is 0 Å². The molecule has 1 unspecified atom stereocenters. The second-order valence-corrected chi connectivity index (χ2v) is 5.18. The van der Waals surface area contributed by atoms with Crippen molar-refractivity contribution in [2.45, 2.75) is 39.2 Å². The predicted octanol–water partition coefficient (Wildman–Crippen LogP) is 0.600. The highest BCUT2D eigenvalue weighted by Crippen LogP contribution is 2.23.